The number of aromatic hydroxyl groups is 1. The highest BCUT2D eigenvalue weighted by molar-refractivity contribution is 5.85. The Balaban J connectivity index is 1.93. The van der Waals surface area contributed by atoms with Crippen molar-refractivity contribution in [2.24, 2.45) is 7.05 Å². The van der Waals surface area contributed by atoms with Crippen molar-refractivity contribution in [2.75, 3.05) is 13.1 Å². The number of hydrogen-bond donors (Lipinski definition) is 1. The Hall–Kier alpha value is -1.48. The molecule has 0 unspecified atom stereocenters. The van der Waals surface area contributed by atoms with Crippen LogP contribution in [-0.4, -0.2) is 27.7 Å². The van der Waals surface area contributed by atoms with E-state index in [0.717, 1.165) is 6.54 Å². The lowest BCUT2D eigenvalue weighted by Gasteiger charge is -2.26. The summed E-state index contributed by atoms with van der Waals surface area (Å²) >= 11 is 0. The summed E-state index contributed by atoms with van der Waals surface area (Å²) in [6.45, 7) is 3.41. The first-order valence-corrected chi connectivity index (χ1v) is 6.73. The molecule has 0 aliphatic carbocycles. The largest absolute Gasteiger partial charge is 0.508 e. The maximum atomic E-state index is 9.65. The molecule has 1 aromatic carbocycles. The third-order valence-corrected chi connectivity index (χ3v) is 3.90. The van der Waals surface area contributed by atoms with E-state index in [9.17, 15) is 5.11 Å². The van der Waals surface area contributed by atoms with Crippen LogP contribution in [0.25, 0.3) is 10.9 Å². The Bertz CT molecular complexity index is 553. The Labute approximate surface area is 108 Å². The van der Waals surface area contributed by atoms with E-state index in [2.05, 4.69) is 22.7 Å². The number of hydrogen-bond acceptors (Lipinski definition) is 2. The minimum atomic E-state index is 0.355. The van der Waals surface area contributed by atoms with Crippen molar-refractivity contribution < 1.29 is 5.11 Å². The van der Waals surface area contributed by atoms with Gasteiger partial charge in [0.1, 0.15) is 5.75 Å². The van der Waals surface area contributed by atoms with Gasteiger partial charge in [-0.15, -0.1) is 0 Å². The van der Waals surface area contributed by atoms with E-state index >= 15 is 0 Å². The molecule has 1 aliphatic heterocycles. The van der Waals surface area contributed by atoms with Crippen LogP contribution < -0.4 is 0 Å². The van der Waals surface area contributed by atoms with Gasteiger partial charge in [0.15, 0.2) is 0 Å². The molecule has 0 saturated carbocycles. The standard InChI is InChI=1S/C15H20N2O/c1-16-10-12(11-17-7-3-2-4-8-17)14-9-13(18)5-6-15(14)16/h5-6,9-10,18H,2-4,7-8,11H2,1H3. The van der Waals surface area contributed by atoms with Crippen molar-refractivity contribution in [3.05, 3.63) is 30.0 Å². The minimum Gasteiger partial charge on any atom is -0.508 e. The van der Waals surface area contributed by atoms with Crippen molar-refractivity contribution in [1.82, 2.24) is 9.47 Å². The van der Waals surface area contributed by atoms with Crippen molar-refractivity contribution in [1.29, 1.82) is 0 Å². The van der Waals surface area contributed by atoms with E-state index in [4.69, 9.17) is 0 Å². The van der Waals surface area contributed by atoms with Gasteiger partial charge in [-0.05, 0) is 49.7 Å². The zero-order chi connectivity index (χ0) is 12.5. The fraction of sp³-hybridized carbons (Fsp3) is 0.467. The SMILES string of the molecule is Cn1cc(CN2CCCCC2)c2cc(O)ccc21. The number of aromatic nitrogens is 1. The Morgan fingerprint density at radius 1 is 1.17 bits per heavy atom. The summed E-state index contributed by atoms with van der Waals surface area (Å²) < 4.78 is 2.15. The zero-order valence-electron chi connectivity index (χ0n) is 10.9. The number of piperidine rings is 1. The molecular formula is C15H20N2O. The molecule has 1 saturated heterocycles. The predicted octanol–water partition coefficient (Wildman–Crippen LogP) is 2.87. The minimum absolute atomic E-state index is 0.355. The van der Waals surface area contributed by atoms with Crippen molar-refractivity contribution in [3.8, 4) is 5.75 Å². The molecular weight excluding hydrogens is 224 g/mol. The lowest BCUT2D eigenvalue weighted by Crippen LogP contribution is -2.28. The average Bonchev–Trinajstić information content (AvgIpc) is 2.67. The second kappa shape index (κ2) is 4.65. The van der Waals surface area contributed by atoms with Gasteiger partial charge in [0.2, 0.25) is 0 Å². The Morgan fingerprint density at radius 2 is 1.94 bits per heavy atom. The number of benzene rings is 1. The molecule has 0 spiro atoms. The van der Waals surface area contributed by atoms with Crippen LogP contribution in [0, 0.1) is 0 Å². The summed E-state index contributed by atoms with van der Waals surface area (Å²) in [7, 11) is 2.07. The highest BCUT2D eigenvalue weighted by atomic mass is 16.3. The fourth-order valence-electron chi connectivity index (χ4n) is 2.95. The maximum absolute atomic E-state index is 9.65. The molecule has 0 radical (unpaired) electrons. The summed E-state index contributed by atoms with van der Waals surface area (Å²) in [6, 6.07) is 5.63. The van der Waals surface area contributed by atoms with E-state index in [1.807, 2.05) is 12.1 Å². The Kier molecular flexibility index (Phi) is 3.00. The number of aryl methyl sites for hydroxylation is 1. The monoisotopic (exact) mass is 244 g/mol. The molecule has 2 aromatic rings. The lowest BCUT2D eigenvalue weighted by molar-refractivity contribution is 0.221. The maximum Gasteiger partial charge on any atom is 0.116 e. The van der Waals surface area contributed by atoms with Gasteiger partial charge in [0, 0.05) is 30.7 Å². The number of likely N-dealkylation sites (tertiary alicyclic amines) is 1. The first-order chi connectivity index (χ1) is 8.74. The molecule has 1 aliphatic rings. The quantitative estimate of drug-likeness (QED) is 0.880. The van der Waals surface area contributed by atoms with E-state index in [1.54, 1.807) is 6.07 Å². The molecule has 18 heavy (non-hydrogen) atoms. The second-order valence-corrected chi connectivity index (χ2v) is 5.30. The summed E-state index contributed by atoms with van der Waals surface area (Å²) in [6.07, 6.45) is 6.19. The third-order valence-electron chi connectivity index (χ3n) is 3.90. The third kappa shape index (κ3) is 2.10. The predicted molar refractivity (Wildman–Crippen MR) is 73.7 cm³/mol. The van der Waals surface area contributed by atoms with Gasteiger partial charge in [0.05, 0.1) is 0 Å². The highest BCUT2D eigenvalue weighted by Gasteiger charge is 2.14. The zero-order valence-corrected chi connectivity index (χ0v) is 10.9. The van der Waals surface area contributed by atoms with Gasteiger partial charge >= 0.3 is 0 Å². The molecule has 3 heteroatoms. The number of phenolic OH excluding ortho intramolecular Hbond substituents is 1. The molecule has 0 amide bonds. The summed E-state index contributed by atoms with van der Waals surface area (Å²) in [5, 5.41) is 10.8. The van der Waals surface area contributed by atoms with E-state index in [0.29, 0.717) is 5.75 Å². The number of nitrogens with zero attached hydrogens (tertiary/aromatic N) is 2. The summed E-state index contributed by atoms with van der Waals surface area (Å²) in [5.41, 5.74) is 2.52. The molecule has 3 rings (SSSR count). The van der Waals surface area contributed by atoms with Crippen molar-refractivity contribution >= 4 is 10.9 Å². The molecule has 2 heterocycles. The van der Waals surface area contributed by atoms with Crippen molar-refractivity contribution in [3.63, 3.8) is 0 Å². The fourth-order valence-corrected chi connectivity index (χ4v) is 2.95. The Morgan fingerprint density at radius 3 is 2.72 bits per heavy atom. The highest BCUT2D eigenvalue weighted by Crippen LogP contribution is 2.26. The average molecular weight is 244 g/mol. The number of rotatable bonds is 2. The van der Waals surface area contributed by atoms with Gasteiger partial charge in [-0.1, -0.05) is 6.42 Å². The molecule has 96 valence electrons. The van der Waals surface area contributed by atoms with Crippen LogP contribution in [0.1, 0.15) is 24.8 Å². The molecule has 1 aromatic heterocycles. The normalized spacial score (nSPS) is 17.4. The van der Waals surface area contributed by atoms with Crippen LogP contribution in [0.15, 0.2) is 24.4 Å². The summed E-state index contributed by atoms with van der Waals surface area (Å²) in [5.74, 6) is 0.355. The second-order valence-electron chi connectivity index (χ2n) is 5.30. The van der Waals surface area contributed by atoms with Crippen LogP contribution in [0.3, 0.4) is 0 Å². The van der Waals surface area contributed by atoms with Crippen LogP contribution >= 0.6 is 0 Å². The van der Waals surface area contributed by atoms with Gasteiger partial charge < -0.3 is 9.67 Å². The van der Waals surface area contributed by atoms with Crippen molar-refractivity contribution in [2.45, 2.75) is 25.8 Å². The first kappa shape index (κ1) is 11.6. The number of phenols is 1. The summed E-state index contributed by atoms with van der Waals surface area (Å²) in [4.78, 5) is 2.52. The van der Waals surface area contributed by atoms with Crippen LogP contribution in [0.4, 0.5) is 0 Å². The number of fused-ring (bicyclic) bond motifs is 1. The molecule has 3 nitrogen and oxygen atoms in total. The molecule has 0 atom stereocenters. The van der Waals surface area contributed by atoms with Crippen LogP contribution in [-0.2, 0) is 13.6 Å². The van der Waals surface area contributed by atoms with Gasteiger partial charge in [-0.3, -0.25) is 4.90 Å². The van der Waals surface area contributed by atoms with Crippen LogP contribution in [0.2, 0.25) is 0 Å². The van der Waals surface area contributed by atoms with E-state index in [1.165, 1.54) is 48.8 Å². The van der Waals surface area contributed by atoms with E-state index < -0.39 is 0 Å². The molecule has 0 bridgehead atoms. The smallest absolute Gasteiger partial charge is 0.116 e. The van der Waals surface area contributed by atoms with Gasteiger partial charge in [-0.25, -0.2) is 0 Å². The molecule has 1 fully saturated rings. The van der Waals surface area contributed by atoms with Gasteiger partial charge in [-0.2, -0.15) is 0 Å². The topological polar surface area (TPSA) is 28.4 Å². The lowest BCUT2D eigenvalue weighted by atomic mass is 10.1. The van der Waals surface area contributed by atoms with E-state index in [-0.39, 0.29) is 0 Å². The van der Waals surface area contributed by atoms with Crippen LogP contribution in [0.5, 0.6) is 5.75 Å². The molecule has 1 N–H and O–H groups in total. The first-order valence-electron chi connectivity index (χ1n) is 6.73. The van der Waals surface area contributed by atoms with Gasteiger partial charge in [0.25, 0.3) is 0 Å².